The average Bonchev–Trinajstić information content (AvgIpc) is 2.98. The van der Waals surface area contributed by atoms with Crippen LogP contribution in [-0.4, -0.2) is 41.0 Å². The minimum absolute atomic E-state index is 0.825. The van der Waals surface area contributed by atoms with E-state index >= 15 is 0 Å². The largest absolute Gasteiger partial charge is 0.370 e. The number of hydrogen-bond donors (Lipinski definition) is 1. The van der Waals surface area contributed by atoms with Crippen molar-refractivity contribution in [2.24, 2.45) is 0 Å². The lowest BCUT2D eigenvalue weighted by Crippen LogP contribution is -2.30. The number of nitrogens with one attached hydrogen (secondary N) is 1. The Kier molecular flexibility index (Phi) is 5.58. The van der Waals surface area contributed by atoms with Crippen LogP contribution in [0.4, 0.5) is 5.82 Å². The molecule has 1 fully saturated rings. The van der Waals surface area contributed by atoms with E-state index in [9.17, 15) is 0 Å². The van der Waals surface area contributed by atoms with E-state index in [0.29, 0.717) is 0 Å². The smallest absolute Gasteiger partial charge is 0.129 e. The van der Waals surface area contributed by atoms with Crippen molar-refractivity contribution in [2.75, 3.05) is 25.5 Å². The number of nitrogens with zero attached hydrogens (tertiary/aromatic N) is 3. The molecule has 0 amide bonds. The predicted octanol–water partition coefficient (Wildman–Crippen LogP) is 2.72. The van der Waals surface area contributed by atoms with Gasteiger partial charge in [0.15, 0.2) is 0 Å². The third-order valence-electron chi connectivity index (χ3n) is 4.03. The van der Waals surface area contributed by atoms with Gasteiger partial charge in [-0.25, -0.2) is 9.97 Å². The van der Waals surface area contributed by atoms with E-state index in [1.165, 1.54) is 38.6 Å². The Morgan fingerprint density at radius 3 is 2.84 bits per heavy atom. The van der Waals surface area contributed by atoms with Crippen LogP contribution in [0.2, 0.25) is 0 Å². The molecular formula is C15H26N4. The van der Waals surface area contributed by atoms with Gasteiger partial charge < -0.3 is 10.2 Å². The molecule has 0 aliphatic heterocycles. The molecule has 19 heavy (non-hydrogen) atoms. The molecule has 0 atom stereocenters. The highest BCUT2D eigenvalue weighted by atomic mass is 15.1. The van der Waals surface area contributed by atoms with Gasteiger partial charge >= 0.3 is 0 Å². The highest BCUT2D eigenvalue weighted by Crippen LogP contribution is 2.22. The molecule has 1 N–H and O–H groups in total. The van der Waals surface area contributed by atoms with Crippen LogP contribution >= 0.6 is 0 Å². The lowest BCUT2D eigenvalue weighted by Gasteiger charge is -2.23. The first-order chi connectivity index (χ1) is 9.29. The van der Waals surface area contributed by atoms with Gasteiger partial charge in [0.25, 0.3) is 0 Å². The lowest BCUT2D eigenvalue weighted by atomic mass is 10.2. The lowest BCUT2D eigenvalue weighted by molar-refractivity contribution is 0.245. The molecule has 0 radical (unpaired) electrons. The fourth-order valence-corrected chi connectivity index (χ4v) is 2.76. The zero-order valence-corrected chi connectivity index (χ0v) is 12.2. The quantitative estimate of drug-likeness (QED) is 0.767. The highest BCUT2D eigenvalue weighted by Gasteiger charge is 2.18. The van der Waals surface area contributed by atoms with Crippen LogP contribution in [0.25, 0.3) is 0 Å². The first-order valence-electron chi connectivity index (χ1n) is 7.54. The van der Waals surface area contributed by atoms with Crippen LogP contribution in [-0.2, 0) is 6.42 Å². The Labute approximate surface area is 116 Å². The molecule has 4 heteroatoms. The molecule has 2 rings (SSSR count). The number of aromatic nitrogens is 2. The molecule has 0 bridgehead atoms. The molecule has 1 aliphatic rings. The molecule has 106 valence electrons. The van der Waals surface area contributed by atoms with Crippen molar-refractivity contribution < 1.29 is 0 Å². The third kappa shape index (κ3) is 4.46. The third-order valence-corrected chi connectivity index (χ3v) is 4.03. The van der Waals surface area contributed by atoms with Gasteiger partial charge in [-0.1, -0.05) is 19.8 Å². The summed E-state index contributed by atoms with van der Waals surface area (Å²) in [5, 5.41) is 3.39. The van der Waals surface area contributed by atoms with Crippen molar-refractivity contribution in [3.63, 3.8) is 0 Å². The minimum atomic E-state index is 0.825. The first kappa shape index (κ1) is 14.3. The summed E-state index contributed by atoms with van der Waals surface area (Å²) in [6.45, 7) is 4.27. The van der Waals surface area contributed by atoms with Gasteiger partial charge in [-0.05, 0) is 39.3 Å². The summed E-state index contributed by atoms with van der Waals surface area (Å²) in [5.41, 5.74) is 1.10. The fourth-order valence-electron chi connectivity index (χ4n) is 2.76. The standard InChI is InChI=1S/C15H26N4/c1-3-13-11-15(18-12-17-13)16-9-6-10-19(2)14-7-4-5-8-14/h11-12,14H,3-10H2,1-2H3,(H,16,17,18). The van der Waals surface area contributed by atoms with Crippen LogP contribution in [0.5, 0.6) is 0 Å². The van der Waals surface area contributed by atoms with E-state index < -0.39 is 0 Å². The van der Waals surface area contributed by atoms with E-state index in [-0.39, 0.29) is 0 Å². The maximum Gasteiger partial charge on any atom is 0.129 e. The molecule has 4 nitrogen and oxygen atoms in total. The van der Waals surface area contributed by atoms with Crippen molar-refractivity contribution in [3.8, 4) is 0 Å². The van der Waals surface area contributed by atoms with Gasteiger partial charge in [-0.15, -0.1) is 0 Å². The molecule has 0 saturated heterocycles. The maximum absolute atomic E-state index is 4.25. The van der Waals surface area contributed by atoms with E-state index in [4.69, 9.17) is 0 Å². The second kappa shape index (κ2) is 7.43. The minimum Gasteiger partial charge on any atom is -0.370 e. The van der Waals surface area contributed by atoms with Crippen LogP contribution in [0.1, 0.15) is 44.7 Å². The molecule has 0 spiro atoms. The summed E-state index contributed by atoms with van der Waals surface area (Å²) in [4.78, 5) is 11.0. The second-order valence-electron chi connectivity index (χ2n) is 5.45. The van der Waals surface area contributed by atoms with Crippen molar-refractivity contribution in [2.45, 2.75) is 51.5 Å². The summed E-state index contributed by atoms with van der Waals surface area (Å²) in [6.07, 6.45) is 9.36. The molecule has 1 aromatic heterocycles. The molecule has 0 unspecified atom stereocenters. The van der Waals surface area contributed by atoms with Gasteiger partial charge in [-0.3, -0.25) is 0 Å². The second-order valence-corrected chi connectivity index (χ2v) is 5.45. The highest BCUT2D eigenvalue weighted by molar-refractivity contribution is 5.34. The summed E-state index contributed by atoms with van der Waals surface area (Å²) < 4.78 is 0. The maximum atomic E-state index is 4.25. The Morgan fingerprint density at radius 2 is 2.11 bits per heavy atom. The molecular weight excluding hydrogens is 236 g/mol. The van der Waals surface area contributed by atoms with E-state index in [1.54, 1.807) is 6.33 Å². The van der Waals surface area contributed by atoms with Crippen LogP contribution in [0.15, 0.2) is 12.4 Å². The monoisotopic (exact) mass is 262 g/mol. The SMILES string of the molecule is CCc1cc(NCCCN(C)C2CCCC2)ncn1. The van der Waals surface area contributed by atoms with Gasteiger partial charge in [0.05, 0.1) is 0 Å². The van der Waals surface area contributed by atoms with Crippen LogP contribution < -0.4 is 5.32 Å². The summed E-state index contributed by atoms with van der Waals surface area (Å²) in [6, 6.07) is 2.87. The predicted molar refractivity (Wildman–Crippen MR) is 79.4 cm³/mol. The molecule has 1 aromatic rings. The van der Waals surface area contributed by atoms with Gasteiger partial charge in [0, 0.05) is 24.3 Å². The van der Waals surface area contributed by atoms with Gasteiger partial charge in [0.2, 0.25) is 0 Å². The normalized spacial score (nSPS) is 16.2. The Morgan fingerprint density at radius 1 is 1.32 bits per heavy atom. The van der Waals surface area contributed by atoms with Crippen molar-refractivity contribution in [3.05, 3.63) is 18.1 Å². The number of hydrogen-bond acceptors (Lipinski definition) is 4. The Hall–Kier alpha value is -1.16. The van der Waals surface area contributed by atoms with Crippen LogP contribution in [0, 0.1) is 0 Å². The topological polar surface area (TPSA) is 41.0 Å². The van der Waals surface area contributed by atoms with Crippen molar-refractivity contribution in [1.29, 1.82) is 0 Å². The average molecular weight is 262 g/mol. The Balaban J connectivity index is 1.65. The van der Waals surface area contributed by atoms with Gasteiger partial charge in [0.1, 0.15) is 12.1 Å². The van der Waals surface area contributed by atoms with Crippen LogP contribution in [0.3, 0.4) is 0 Å². The van der Waals surface area contributed by atoms with E-state index in [2.05, 4.69) is 34.2 Å². The van der Waals surface area contributed by atoms with Crippen molar-refractivity contribution >= 4 is 5.82 Å². The fraction of sp³-hybridized carbons (Fsp3) is 0.733. The van der Waals surface area contributed by atoms with E-state index in [0.717, 1.165) is 30.5 Å². The molecule has 0 aromatic carbocycles. The molecule has 1 saturated carbocycles. The zero-order valence-electron chi connectivity index (χ0n) is 12.2. The molecule has 1 aliphatic carbocycles. The molecule has 1 heterocycles. The Bertz CT molecular complexity index is 374. The van der Waals surface area contributed by atoms with E-state index in [1.807, 2.05) is 6.07 Å². The van der Waals surface area contributed by atoms with Gasteiger partial charge in [-0.2, -0.15) is 0 Å². The first-order valence-corrected chi connectivity index (χ1v) is 7.54. The number of rotatable bonds is 7. The zero-order chi connectivity index (χ0) is 13.5. The summed E-state index contributed by atoms with van der Waals surface area (Å²) >= 11 is 0. The van der Waals surface area contributed by atoms with Crippen molar-refractivity contribution in [1.82, 2.24) is 14.9 Å². The number of aryl methyl sites for hydroxylation is 1. The summed E-state index contributed by atoms with van der Waals surface area (Å²) in [5.74, 6) is 0.954. The number of anilines is 1. The summed E-state index contributed by atoms with van der Waals surface area (Å²) in [7, 11) is 2.26.